The zero-order valence-corrected chi connectivity index (χ0v) is 26.0. The molecule has 0 aliphatic rings. The molecule has 0 atom stereocenters. The molecular weight excluding hydrogens is 585 g/mol. The molecule has 0 bridgehead atoms. The summed E-state index contributed by atoms with van der Waals surface area (Å²) in [7, 11) is 0. The number of hydrogen-bond donors (Lipinski definition) is 0. The van der Waals surface area contributed by atoms with Gasteiger partial charge in [-0.05, 0) is 64.4 Å². The van der Waals surface area contributed by atoms with Gasteiger partial charge in [0.1, 0.15) is 11.2 Å². The molecule has 3 nitrogen and oxygen atoms in total. The highest BCUT2D eigenvalue weighted by Crippen LogP contribution is 2.47. The fourth-order valence-electron chi connectivity index (χ4n) is 7.41. The molecule has 3 aromatic heterocycles. The smallest absolute Gasteiger partial charge is 0.145 e. The second kappa shape index (κ2) is 10.5. The van der Waals surface area contributed by atoms with E-state index in [0.29, 0.717) is 0 Å². The lowest BCUT2D eigenvalue weighted by molar-refractivity contribution is 0.673. The van der Waals surface area contributed by atoms with Crippen LogP contribution in [-0.4, -0.2) is 9.55 Å². The first-order chi connectivity index (χ1) is 23.8. The molecule has 0 aliphatic heterocycles. The van der Waals surface area contributed by atoms with E-state index in [1.54, 1.807) is 0 Å². The van der Waals surface area contributed by atoms with Gasteiger partial charge in [-0.25, -0.2) is 4.98 Å². The number of furan rings is 1. The van der Waals surface area contributed by atoms with Crippen molar-refractivity contribution in [1.29, 1.82) is 0 Å². The van der Waals surface area contributed by atoms with Crippen LogP contribution >= 0.6 is 0 Å². The number of aromatic nitrogens is 2. The Kier molecular flexibility index (Phi) is 5.87. The maximum Gasteiger partial charge on any atom is 0.145 e. The maximum atomic E-state index is 6.82. The van der Waals surface area contributed by atoms with Crippen LogP contribution in [0.5, 0.6) is 0 Å². The van der Waals surface area contributed by atoms with Gasteiger partial charge in [0, 0.05) is 33.0 Å². The van der Waals surface area contributed by atoms with Gasteiger partial charge in [0.05, 0.1) is 27.8 Å². The maximum absolute atomic E-state index is 6.82. The van der Waals surface area contributed by atoms with E-state index in [4.69, 9.17) is 9.40 Å². The Morgan fingerprint density at radius 2 is 1.10 bits per heavy atom. The van der Waals surface area contributed by atoms with Crippen molar-refractivity contribution in [2.24, 2.45) is 0 Å². The molecule has 0 fully saturated rings. The number of para-hydroxylation sites is 2. The van der Waals surface area contributed by atoms with E-state index >= 15 is 0 Å². The number of hydrogen-bond acceptors (Lipinski definition) is 2. The van der Waals surface area contributed by atoms with Crippen LogP contribution in [0.15, 0.2) is 174 Å². The Morgan fingerprint density at radius 1 is 0.458 bits per heavy atom. The monoisotopic (exact) mass is 612 g/mol. The molecule has 0 N–H and O–H groups in total. The summed E-state index contributed by atoms with van der Waals surface area (Å²) < 4.78 is 9.22. The van der Waals surface area contributed by atoms with Gasteiger partial charge in [-0.3, -0.25) is 0 Å². The lowest BCUT2D eigenvalue weighted by Gasteiger charge is -2.14. The number of fused-ring (bicyclic) bond motifs is 9. The van der Waals surface area contributed by atoms with Crippen LogP contribution in [0.1, 0.15) is 0 Å². The van der Waals surface area contributed by atoms with Crippen molar-refractivity contribution in [3.05, 3.63) is 170 Å². The quantitative estimate of drug-likeness (QED) is 0.198. The first-order valence-electron chi connectivity index (χ1n) is 16.3. The normalized spacial score (nSPS) is 11.8. The SMILES string of the molecule is c1ccc(-c2cc(-c3ccccc3)nc(-c3cc4c5ccccc5oc4c4c5c6ccccc6ccc5n(-c5ccccc5)c34)c2)cc1. The van der Waals surface area contributed by atoms with Crippen molar-refractivity contribution in [2.75, 3.05) is 0 Å². The van der Waals surface area contributed by atoms with Crippen LogP contribution in [0.3, 0.4) is 0 Å². The third-order valence-electron chi connectivity index (χ3n) is 9.56. The van der Waals surface area contributed by atoms with Crippen LogP contribution in [0.25, 0.3) is 93.8 Å². The first-order valence-corrected chi connectivity index (χ1v) is 16.3. The Balaban J connectivity index is 1.44. The Hall–Kier alpha value is -6.45. The van der Waals surface area contributed by atoms with Crippen LogP contribution in [-0.2, 0) is 0 Å². The molecule has 0 spiro atoms. The third kappa shape index (κ3) is 4.04. The summed E-state index contributed by atoms with van der Waals surface area (Å²) >= 11 is 0. The van der Waals surface area contributed by atoms with Crippen molar-refractivity contribution in [3.63, 3.8) is 0 Å². The topological polar surface area (TPSA) is 31.0 Å². The lowest BCUT2D eigenvalue weighted by Crippen LogP contribution is -1.97. The van der Waals surface area contributed by atoms with Crippen molar-refractivity contribution in [1.82, 2.24) is 9.55 Å². The van der Waals surface area contributed by atoms with Crippen LogP contribution < -0.4 is 0 Å². The predicted octanol–water partition coefficient (Wildman–Crippen LogP) is 12.2. The van der Waals surface area contributed by atoms with Crippen molar-refractivity contribution in [3.8, 4) is 39.3 Å². The van der Waals surface area contributed by atoms with Crippen LogP contribution in [0.4, 0.5) is 0 Å². The second-order valence-electron chi connectivity index (χ2n) is 12.3. The molecular formula is C45H28N2O. The molecule has 0 saturated heterocycles. The highest BCUT2D eigenvalue weighted by molar-refractivity contribution is 6.32. The van der Waals surface area contributed by atoms with E-state index in [1.165, 1.54) is 16.2 Å². The largest absolute Gasteiger partial charge is 0.455 e. The van der Waals surface area contributed by atoms with Crippen LogP contribution in [0.2, 0.25) is 0 Å². The van der Waals surface area contributed by atoms with E-state index in [-0.39, 0.29) is 0 Å². The minimum absolute atomic E-state index is 0.878. The number of benzene rings is 7. The summed E-state index contributed by atoms with van der Waals surface area (Å²) in [6.07, 6.45) is 0. The van der Waals surface area contributed by atoms with Gasteiger partial charge in [-0.2, -0.15) is 0 Å². The minimum Gasteiger partial charge on any atom is -0.455 e. The Labute approximate surface area is 277 Å². The molecule has 7 aromatic carbocycles. The minimum atomic E-state index is 0.878. The molecule has 3 heterocycles. The number of nitrogens with zero attached hydrogens (tertiary/aromatic N) is 2. The van der Waals surface area contributed by atoms with Gasteiger partial charge >= 0.3 is 0 Å². The van der Waals surface area contributed by atoms with E-state index in [0.717, 1.165) is 77.7 Å². The molecule has 10 rings (SSSR count). The number of pyridine rings is 1. The van der Waals surface area contributed by atoms with Gasteiger partial charge in [0.15, 0.2) is 0 Å². The second-order valence-corrected chi connectivity index (χ2v) is 12.3. The van der Waals surface area contributed by atoms with Gasteiger partial charge in [0.25, 0.3) is 0 Å². The highest BCUT2D eigenvalue weighted by Gasteiger charge is 2.25. The van der Waals surface area contributed by atoms with Gasteiger partial charge in [-0.15, -0.1) is 0 Å². The highest BCUT2D eigenvalue weighted by atomic mass is 16.3. The Morgan fingerprint density at radius 3 is 1.90 bits per heavy atom. The summed E-state index contributed by atoms with van der Waals surface area (Å²) in [5.41, 5.74) is 11.3. The van der Waals surface area contributed by atoms with Gasteiger partial charge in [0.2, 0.25) is 0 Å². The zero-order chi connectivity index (χ0) is 31.6. The van der Waals surface area contributed by atoms with E-state index < -0.39 is 0 Å². The summed E-state index contributed by atoms with van der Waals surface area (Å²) in [6, 6.07) is 60.0. The molecule has 0 amide bonds. The first kappa shape index (κ1) is 26.7. The standard InChI is InChI=1S/C45H28N2O/c1-4-14-29(15-5-1)32-26-38(31-17-6-2-7-18-31)46-39(27-32)37-28-36-35-22-12-13-23-41(35)48-45(36)43-42-34-21-11-10-16-30(34)24-25-40(42)47(44(37)43)33-19-8-3-9-20-33/h1-28H. The lowest BCUT2D eigenvalue weighted by atomic mass is 9.96. The summed E-state index contributed by atoms with van der Waals surface area (Å²) in [5.74, 6) is 0. The molecule has 3 heteroatoms. The zero-order valence-electron chi connectivity index (χ0n) is 26.0. The molecule has 10 aromatic rings. The van der Waals surface area contributed by atoms with E-state index in [9.17, 15) is 0 Å². The van der Waals surface area contributed by atoms with Crippen LogP contribution in [0, 0.1) is 0 Å². The van der Waals surface area contributed by atoms with Gasteiger partial charge < -0.3 is 8.98 Å². The summed E-state index contributed by atoms with van der Waals surface area (Å²) in [6.45, 7) is 0. The molecule has 0 unspecified atom stereocenters. The fraction of sp³-hybridized carbons (Fsp3) is 0. The van der Waals surface area contributed by atoms with E-state index in [1.807, 2.05) is 6.07 Å². The number of rotatable bonds is 4. The molecule has 48 heavy (non-hydrogen) atoms. The molecule has 0 aliphatic carbocycles. The summed E-state index contributed by atoms with van der Waals surface area (Å²) in [4.78, 5) is 5.44. The van der Waals surface area contributed by atoms with Gasteiger partial charge in [-0.1, -0.05) is 127 Å². The third-order valence-corrected chi connectivity index (χ3v) is 9.56. The Bertz CT molecular complexity index is 2750. The fourth-order valence-corrected chi connectivity index (χ4v) is 7.41. The molecule has 0 radical (unpaired) electrons. The molecule has 0 saturated carbocycles. The van der Waals surface area contributed by atoms with Crippen molar-refractivity contribution in [2.45, 2.75) is 0 Å². The molecule has 224 valence electrons. The average Bonchev–Trinajstić information content (AvgIpc) is 3.72. The summed E-state index contributed by atoms with van der Waals surface area (Å²) in [5, 5.41) is 6.86. The van der Waals surface area contributed by atoms with Crippen molar-refractivity contribution < 1.29 is 4.42 Å². The van der Waals surface area contributed by atoms with Crippen molar-refractivity contribution >= 4 is 54.5 Å². The predicted molar refractivity (Wildman–Crippen MR) is 200 cm³/mol. The van der Waals surface area contributed by atoms with E-state index in [2.05, 4.69) is 168 Å². The average molecular weight is 613 g/mol.